The van der Waals surface area contributed by atoms with E-state index in [4.69, 9.17) is 0 Å². The van der Waals surface area contributed by atoms with E-state index in [0.29, 0.717) is 25.9 Å². The number of thiophene rings is 1. The second kappa shape index (κ2) is 8.38. The van der Waals surface area contributed by atoms with E-state index in [1.165, 1.54) is 11.0 Å². The van der Waals surface area contributed by atoms with Crippen LogP contribution in [0.2, 0.25) is 0 Å². The number of aliphatic hydroxyl groups is 1. The predicted molar refractivity (Wildman–Crippen MR) is 108 cm³/mol. The summed E-state index contributed by atoms with van der Waals surface area (Å²) >= 11 is 0.833. The van der Waals surface area contributed by atoms with Crippen molar-refractivity contribution in [3.63, 3.8) is 0 Å². The Kier molecular flexibility index (Phi) is 6.23. The number of carbonyl (C=O) groups is 1. The molecular weight excluding hydrogens is 423 g/mol. The monoisotopic (exact) mass is 445 g/mol. The quantitative estimate of drug-likeness (QED) is 0.766. The molecule has 2 aromatic heterocycles. The van der Waals surface area contributed by atoms with Gasteiger partial charge in [-0.15, -0.1) is 11.3 Å². The van der Waals surface area contributed by atoms with Gasteiger partial charge in [-0.1, -0.05) is 12.7 Å². The summed E-state index contributed by atoms with van der Waals surface area (Å²) in [5.41, 5.74) is -1.27. The zero-order chi connectivity index (χ0) is 22.2. The molecular formula is C19H22F3N3O4S. The fourth-order valence-electron chi connectivity index (χ4n) is 3.56. The second-order valence-corrected chi connectivity index (χ2v) is 8.10. The average molecular weight is 445 g/mol. The number of aromatic nitrogens is 2. The largest absolute Gasteiger partial charge is 0.393 e. The van der Waals surface area contributed by atoms with Crippen LogP contribution in [0, 0.1) is 0 Å². The van der Waals surface area contributed by atoms with Gasteiger partial charge in [-0.05, 0) is 19.8 Å². The van der Waals surface area contributed by atoms with Gasteiger partial charge in [0.15, 0.2) is 0 Å². The summed E-state index contributed by atoms with van der Waals surface area (Å²) in [6.07, 6.45) is -4.05. The molecule has 1 amide bonds. The number of rotatable bonds is 5. The Labute approximate surface area is 173 Å². The van der Waals surface area contributed by atoms with Gasteiger partial charge >= 0.3 is 11.9 Å². The first-order valence-corrected chi connectivity index (χ1v) is 10.4. The molecule has 1 aliphatic heterocycles. The van der Waals surface area contributed by atoms with Crippen molar-refractivity contribution in [1.29, 1.82) is 0 Å². The number of piperidine rings is 1. The lowest BCUT2D eigenvalue weighted by atomic mass is 10.1. The minimum atomic E-state index is -4.48. The number of fused-ring (bicyclic) bond motifs is 1. The van der Waals surface area contributed by atoms with E-state index in [1.54, 1.807) is 6.92 Å². The van der Waals surface area contributed by atoms with Crippen molar-refractivity contribution in [3.05, 3.63) is 37.9 Å². The zero-order valence-corrected chi connectivity index (χ0v) is 17.2. The maximum atomic E-state index is 13.1. The van der Waals surface area contributed by atoms with Crippen LogP contribution < -0.4 is 11.2 Å². The molecule has 0 aromatic carbocycles. The highest BCUT2D eigenvalue weighted by molar-refractivity contribution is 7.20. The maximum Gasteiger partial charge on any atom is 0.390 e. The molecule has 7 nitrogen and oxygen atoms in total. The van der Waals surface area contributed by atoms with Crippen molar-refractivity contribution in [2.75, 3.05) is 13.1 Å². The number of likely N-dealkylation sites (tertiary alicyclic amines) is 1. The van der Waals surface area contributed by atoms with Gasteiger partial charge < -0.3 is 10.0 Å². The minimum Gasteiger partial charge on any atom is -0.393 e. The van der Waals surface area contributed by atoms with Gasteiger partial charge in [0.1, 0.15) is 9.71 Å². The van der Waals surface area contributed by atoms with Crippen molar-refractivity contribution in [1.82, 2.24) is 14.0 Å². The summed E-state index contributed by atoms with van der Waals surface area (Å²) in [6, 6.07) is 0. The fraction of sp³-hybridized carbons (Fsp3) is 0.526. The molecule has 164 valence electrons. The van der Waals surface area contributed by atoms with Gasteiger partial charge in [-0.3, -0.25) is 18.7 Å². The van der Waals surface area contributed by atoms with Crippen molar-refractivity contribution in [3.8, 4) is 0 Å². The molecule has 0 radical (unpaired) electrons. The van der Waals surface area contributed by atoms with Crippen LogP contribution in [0.3, 0.4) is 0 Å². The maximum absolute atomic E-state index is 13.1. The molecule has 30 heavy (non-hydrogen) atoms. The summed E-state index contributed by atoms with van der Waals surface area (Å²) in [6.45, 7) is 5.20. The summed E-state index contributed by atoms with van der Waals surface area (Å²) in [4.78, 5) is 40.4. The molecule has 1 fully saturated rings. The molecule has 0 unspecified atom stereocenters. The first kappa shape index (κ1) is 22.3. The SMILES string of the molecule is C=Cc1c(C(=O)N2CCC(O)CC2)sc2c1c(=O)n(CC)c(=O)n2CCC(F)(F)F. The van der Waals surface area contributed by atoms with E-state index in [9.17, 15) is 32.7 Å². The Bertz CT molecular complexity index is 1090. The fourth-order valence-corrected chi connectivity index (χ4v) is 4.85. The lowest BCUT2D eigenvalue weighted by molar-refractivity contribution is -0.136. The Morgan fingerprint density at radius 3 is 2.43 bits per heavy atom. The van der Waals surface area contributed by atoms with Crippen molar-refractivity contribution in [2.24, 2.45) is 0 Å². The molecule has 3 heterocycles. The number of nitrogens with zero attached hydrogens (tertiary/aromatic N) is 3. The van der Waals surface area contributed by atoms with Crippen LogP contribution in [0.25, 0.3) is 16.3 Å². The lowest BCUT2D eigenvalue weighted by Gasteiger charge is -2.29. The molecule has 11 heteroatoms. The van der Waals surface area contributed by atoms with Gasteiger partial charge in [0, 0.05) is 31.7 Å². The number of carbonyl (C=O) groups excluding carboxylic acids is 1. The van der Waals surface area contributed by atoms with Gasteiger partial charge in [-0.2, -0.15) is 13.2 Å². The normalized spacial score (nSPS) is 15.7. The van der Waals surface area contributed by atoms with Gasteiger partial charge in [-0.25, -0.2) is 4.79 Å². The molecule has 0 aliphatic carbocycles. The Hall–Kier alpha value is -2.40. The Morgan fingerprint density at radius 2 is 1.90 bits per heavy atom. The zero-order valence-electron chi connectivity index (χ0n) is 16.4. The molecule has 3 rings (SSSR count). The number of hydrogen-bond acceptors (Lipinski definition) is 5. The molecule has 0 saturated carbocycles. The summed E-state index contributed by atoms with van der Waals surface area (Å²) in [5, 5.41) is 9.68. The predicted octanol–water partition coefficient (Wildman–Crippen LogP) is 2.44. The lowest BCUT2D eigenvalue weighted by Crippen LogP contribution is -2.40. The van der Waals surface area contributed by atoms with Gasteiger partial charge in [0.25, 0.3) is 11.5 Å². The van der Waals surface area contributed by atoms with E-state index in [1.807, 2.05) is 0 Å². The number of aliphatic hydroxyl groups excluding tert-OH is 1. The Morgan fingerprint density at radius 1 is 1.27 bits per heavy atom. The van der Waals surface area contributed by atoms with Crippen LogP contribution in [-0.2, 0) is 13.1 Å². The molecule has 2 aromatic rings. The minimum absolute atomic E-state index is 0.0145. The van der Waals surface area contributed by atoms with Crippen molar-refractivity contribution < 1.29 is 23.1 Å². The molecule has 1 aliphatic rings. The van der Waals surface area contributed by atoms with Crippen LogP contribution in [0.5, 0.6) is 0 Å². The van der Waals surface area contributed by atoms with Crippen LogP contribution in [0.1, 0.15) is 41.4 Å². The topological polar surface area (TPSA) is 84.5 Å². The van der Waals surface area contributed by atoms with Crippen LogP contribution in [0.4, 0.5) is 13.2 Å². The third-order valence-corrected chi connectivity index (χ3v) is 6.39. The average Bonchev–Trinajstić information content (AvgIpc) is 3.07. The van der Waals surface area contributed by atoms with Crippen LogP contribution in [0.15, 0.2) is 16.2 Å². The van der Waals surface area contributed by atoms with Crippen LogP contribution >= 0.6 is 11.3 Å². The van der Waals surface area contributed by atoms with E-state index in [-0.39, 0.29) is 27.2 Å². The smallest absolute Gasteiger partial charge is 0.390 e. The third kappa shape index (κ3) is 4.08. The highest BCUT2D eigenvalue weighted by Crippen LogP contribution is 2.32. The molecule has 1 saturated heterocycles. The van der Waals surface area contributed by atoms with Gasteiger partial charge in [0.05, 0.1) is 17.9 Å². The number of halogens is 3. The standard InChI is InChI=1S/C19H22F3N3O4S/c1-3-12-13-15(27)24(4-2)18(29)25(10-7-19(20,21)22)17(13)30-14(12)16(28)23-8-5-11(26)6-9-23/h3,11,26H,1,4-10H2,2H3. The van der Waals surface area contributed by atoms with E-state index in [0.717, 1.165) is 20.5 Å². The van der Waals surface area contributed by atoms with E-state index in [2.05, 4.69) is 6.58 Å². The molecule has 1 N–H and O–H groups in total. The molecule has 0 atom stereocenters. The van der Waals surface area contributed by atoms with Gasteiger partial charge in [0.2, 0.25) is 0 Å². The van der Waals surface area contributed by atoms with Crippen LogP contribution in [-0.4, -0.2) is 50.4 Å². The van der Waals surface area contributed by atoms with Crippen molar-refractivity contribution >= 4 is 33.5 Å². The number of amides is 1. The first-order valence-electron chi connectivity index (χ1n) is 9.55. The number of aryl methyl sites for hydroxylation is 1. The summed E-state index contributed by atoms with van der Waals surface area (Å²) in [7, 11) is 0. The number of alkyl halides is 3. The van der Waals surface area contributed by atoms with E-state index < -0.39 is 42.4 Å². The highest BCUT2D eigenvalue weighted by atomic mass is 32.1. The first-order chi connectivity index (χ1) is 14.1. The summed E-state index contributed by atoms with van der Waals surface area (Å²) in [5.74, 6) is -0.393. The highest BCUT2D eigenvalue weighted by Gasteiger charge is 2.31. The molecule has 0 spiro atoms. The Balaban J connectivity index is 2.20. The second-order valence-electron chi connectivity index (χ2n) is 7.10. The van der Waals surface area contributed by atoms with Crippen molar-refractivity contribution in [2.45, 2.75) is 51.6 Å². The summed E-state index contributed by atoms with van der Waals surface area (Å²) < 4.78 is 40.2. The van der Waals surface area contributed by atoms with E-state index >= 15 is 0 Å². The molecule has 0 bridgehead atoms. The number of hydrogen-bond donors (Lipinski definition) is 1. The third-order valence-electron chi connectivity index (χ3n) is 5.18.